The minimum Gasteiger partial charge on any atom is -0.370 e. The predicted octanol–water partition coefficient (Wildman–Crippen LogP) is -0.121. The number of unbranched alkanes of at least 4 members (excludes halogenated alkanes) is 5. The molecule has 13 atom stereocenters. The van der Waals surface area contributed by atoms with Gasteiger partial charge in [0.15, 0.2) is 5.96 Å². The van der Waals surface area contributed by atoms with Crippen molar-refractivity contribution in [2.75, 3.05) is 39.3 Å². The van der Waals surface area contributed by atoms with E-state index in [0.29, 0.717) is 94.7 Å². The molecule has 0 bridgehead atoms. The molecule has 5 aromatic rings. The van der Waals surface area contributed by atoms with Gasteiger partial charge < -0.3 is 120 Å². The van der Waals surface area contributed by atoms with Gasteiger partial charge in [0.05, 0.1) is 6.04 Å². The van der Waals surface area contributed by atoms with Gasteiger partial charge in [-0.15, -0.1) is 0 Å². The number of hydrogen-bond acceptors (Lipinski definition) is 19. The fourth-order valence-electron chi connectivity index (χ4n) is 13.7. The summed E-state index contributed by atoms with van der Waals surface area (Å²) in [5, 5.41) is 32.6. The van der Waals surface area contributed by atoms with Crippen LogP contribution in [-0.4, -0.2) is 199 Å². The second-order valence-electron chi connectivity index (χ2n) is 31.0. The summed E-state index contributed by atoms with van der Waals surface area (Å²) in [5.74, 6) is -10.9. The number of carbonyl (C=O) groups excluding carboxylic acids is 12. The first-order valence-corrected chi connectivity index (χ1v) is 41.6. The highest BCUT2D eigenvalue weighted by Crippen LogP contribution is 2.23. The van der Waals surface area contributed by atoms with Gasteiger partial charge in [-0.05, 0) is 188 Å². The second kappa shape index (κ2) is 52.3. The van der Waals surface area contributed by atoms with Crippen molar-refractivity contribution in [3.05, 3.63) is 108 Å². The topological polar surface area (TPSA) is 615 Å². The molecule has 0 aliphatic rings. The van der Waals surface area contributed by atoms with Crippen LogP contribution < -0.4 is 110 Å². The molecule has 0 spiro atoms. The fourth-order valence-corrected chi connectivity index (χ4v) is 13.7. The summed E-state index contributed by atoms with van der Waals surface area (Å²) in [4.78, 5) is 184. The fraction of sp³-hybridized carbons (Fsp3) is 0.578. The molecule has 0 aliphatic heterocycles. The number of nitrogens with two attached hydrogens (primary N) is 9. The molecular formula is C83H133N23O12. The summed E-state index contributed by atoms with van der Waals surface area (Å²) in [6.07, 6.45) is 8.72. The molecule has 35 heteroatoms. The maximum absolute atomic E-state index is 15.1. The van der Waals surface area contributed by atoms with Crippen molar-refractivity contribution >= 4 is 98.7 Å². The Hall–Kier alpha value is -10.6. The van der Waals surface area contributed by atoms with Gasteiger partial charge >= 0.3 is 0 Å². The van der Waals surface area contributed by atoms with E-state index in [1.54, 1.807) is 77.3 Å². The van der Waals surface area contributed by atoms with Gasteiger partial charge in [0.2, 0.25) is 70.9 Å². The number of hydrogen-bond donors (Lipinski definition) is 22. The monoisotopic (exact) mass is 1640 g/mol. The van der Waals surface area contributed by atoms with Gasteiger partial charge in [-0.2, -0.15) is 0 Å². The summed E-state index contributed by atoms with van der Waals surface area (Å²) in [6, 6.07) is 8.44. The molecule has 13 unspecified atom stereocenters. The first kappa shape index (κ1) is 98.0. The van der Waals surface area contributed by atoms with Gasteiger partial charge in [-0.1, -0.05) is 115 Å². The normalized spacial score (nSPS) is 14.7. The number of aromatic amines is 2. The minimum absolute atomic E-state index is 0.0124. The molecule has 0 radical (unpaired) electrons. The van der Waals surface area contributed by atoms with Gasteiger partial charge in [0, 0.05) is 60.0 Å². The maximum Gasteiger partial charge on any atom is 0.243 e. The van der Waals surface area contributed by atoms with Crippen LogP contribution in [0.4, 0.5) is 0 Å². The van der Waals surface area contributed by atoms with Crippen LogP contribution in [0, 0.1) is 17.8 Å². The summed E-state index contributed by atoms with van der Waals surface area (Å²) in [6.45, 7) is 11.8. The van der Waals surface area contributed by atoms with Crippen LogP contribution in [0.2, 0.25) is 0 Å². The standard InChI is InChI=1S/C83H133N23O12/c1-7-51(6)70(106-77(113)64(37-19-24-42-88)99-79(115)67(46-54-48-95-59-32-14-12-29-56(54)59)102-72(108)57(89)30-25-43-93-83(91)92)82(118)103-66(44-52-26-9-8-10-27-52)78(114)98-60(33-15-20-38-84)73(109)97-63(36-18-23-41-87)76(112)104-69(50(4)5)81(117)105-68(49(2)3)80(116)100-62(35-17-22-40-86)74(110)96-61(34-16-21-39-85)75(111)101-65(71(90)107)45-53-47-94-58-31-13-11-28-55(53)58/h8-14,26-29,31-32,47-51,57,60-70,94-95H,7,15-25,30,33-46,84-89H2,1-6H3,(H2,90,107)(H,96,110)(H,97,109)(H,98,114)(H,99,115)(H,100,116)(H,101,111)(H,102,108)(H,103,118)(H,104,112)(H,105,117)(H,106,113)(H4,91,92,93). The molecule has 0 saturated carbocycles. The molecule has 31 N–H and O–H groups in total. The second-order valence-corrected chi connectivity index (χ2v) is 31.0. The average Bonchev–Trinajstić information content (AvgIpc) is 1.64. The Balaban J connectivity index is 1.37. The largest absolute Gasteiger partial charge is 0.370 e. The quantitative estimate of drug-likeness (QED) is 0.0137. The Labute approximate surface area is 692 Å². The minimum atomic E-state index is -1.39. The molecule has 2 aromatic heterocycles. The number of benzene rings is 3. The first-order valence-electron chi connectivity index (χ1n) is 41.6. The average molecular weight is 1650 g/mol. The van der Waals surface area contributed by atoms with Gasteiger partial charge in [-0.3, -0.25) is 62.5 Å². The Morgan fingerprint density at radius 3 is 1.05 bits per heavy atom. The van der Waals surface area contributed by atoms with Crippen LogP contribution in [0.15, 0.2) is 96.2 Å². The number of para-hydroxylation sites is 2. The van der Waals surface area contributed by atoms with Gasteiger partial charge in [0.1, 0.15) is 66.5 Å². The SMILES string of the molecule is CCC(C)C(NC(=O)C(CCCCN)NC(=O)C(Cc1c[nH]c2ccccc12)NC(=O)C(N)CCCN=C(N)N)C(=O)NC(Cc1ccccc1)C(=O)NC(CCCCN)C(=O)NC(CCCCN)C(=O)NC(C(=O)NC(C(=O)NC(CCCCN)C(=O)NC(CCCCN)C(=O)NC(Cc1c[nH]c2ccccc12)C(N)=O)C(C)C)C(C)C. The van der Waals surface area contributed by atoms with E-state index >= 15 is 9.59 Å². The van der Waals surface area contributed by atoms with Crippen LogP contribution in [0.5, 0.6) is 0 Å². The lowest BCUT2D eigenvalue weighted by molar-refractivity contribution is -0.137. The number of rotatable bonds is 57. The summed E-state index contributed by atoms with van der Waals surface area (Å²) in [5.41, 5.74) is 56.3. The van der Waals surface area contributed by atoms with E-state index in [1.165, 1.54) is 0 Å². The zero-order valence-corrected chi connectivity index (χ0v) is 69.5. The number of amides is 12. The molecule has 0 aliphatic carbocycles. The van der Waals surface area contributed by atoms with E-state index in [4.69, 9.17) is 51.6 Å². The number of guanidine groups is 1. The molecule has 652 valence electrons. The van der Waals surface area contributed by atoms with Crippen LogP contribution in [-0.2, 0) is 76.8 Å². The van der Waals surface area contributed by atoms with Crippen LogP contribution >= 0.6 is 0 Å². The van der Waals surface area contributed by atoms with Crippen LogP contribution in [0.25, 0.3) is 21.8 Å². The van der Waals surface area contributed by atoms with E-state index in [9.17, 15) is 47.9 Å². The molecule has 0 fully saturated rings. The van der Waals surface area contributed by atoms with Crippen molar-refractivity contribution in [2.24, 2.45) is 74.3 Å². The third kappa shape index (κ3) is 32.7. The number of carbonyl (C=O) groups is 12. The zero-order valence-electron chi connectivity index (χ0n) is 69.5. The zero-order chi connectivity index (χ0) is 86.8. The third-order valence-electron chi connectivity index (χ3n) is 20.9. The Morgan fingerprint density at radius 1 is 0.347 bits per heavy atom. The highest BCUT2D eigenvalue weighted by atomic mass is 16.2. The smallest absolute Gasteiger partial charge is 0.243 e. The lowest BCUT2D eigenvalue weighted by Crippen LogP contribution is -2.62. The molecule has 12 amide bonds. The molecule has 35 nitrogen and oxygen atoms in total. The van der Waals surface area contributed by atoms with Crippen molar-refractivity contribution in [1.29, 1.82) is 0 Å². The molecule has 2 heterocycles. The lowest BCUT2D eigenvalue weighted by atomic mass is 9.96. The highest BCUT2D eigenvalue weighted by Gasteiger charge is 2.39. The number of aliphatic imine (C=N–C) groups is 1. The number of primary amides is 1. The molecule has 118 heavy (non-hydrogen) atoms. The van der Waals surface area contributed by atoms with Crippen molar-refractivity contribution in [1.82, 2.24) is 68.5 Å². The van der Waals surface area contributed by atoms with Crippen molar-refractivity contribution in [3.8, 4) is 0 Å². The number of nitrogens with zero attached hydrogens (tertiary/aromatic N) is 1. The van der Waals surface area contributed by atoms with Gasteiger partial charge in [0.25, 0.3) is 0 Å². The summed E-state index contributed by atoms with van der Waals surface area (Å²) < 4.78 is 0. The van der Waals surface area contributed by atoms with Crippen molar-refractivity contribution in [3.63, 3.8) is 0 Å². The predicted molar refractivity (Wildman–Crippen MR) is 456 cm³/mol. The Bertz CT molecular complexity index is 4040. The van der Waals surface area contributed by atoms with E-state index in [0.717, 1.165) is 27.4 Å². The Morgan fingerprint density at radius 2 is 0.661 bits per heavy atom. The van der Waals surface area contributed by atoms with Crippen LogP contribution in [0.1, 0.15) is 174 Å². The Kier molecular flexibility index (Phi) is 43.4. The summed E-state index contributed by atoms with van der Waals surface area (Å²) in [7, 11) is 0. The lowest BCUT2D eigenvalue weighted by Gasteiger charge is -2.30. The molecule has 0 saturated heterocycles. The number of aromatic nitrogens is 2. The summed E-state index contributed by atoms with van der Waals surface area (Å²) >= 11 is 0. The van der Waals surface area contributed by atoms with Crippen molar-refractivity contribution < 1.29 is 57.5 Å². The van der Waals surface area contributed by atoms with Crippen LogP contribution in [0.3, 0.4) is 0 Å². The molecular weight excluding hydrogens is 1510 g/mol. The van der Waals surface area contributed by atoms with E-state index in [-0.39, 0.29) is 96.5 Å². The third-order valence-corrected chi connectivity index (χ3v) is 20.9. The number of H-pyrrole nitrogens is 2. The van der Waals surface area contributed by atoms with Gasteiger partial charge in [-0.25, -0.2) is 0 Å². The molecule has 3 aromatic carbocycles. The number of nitrogens with one attached hydrogen (secondary N) is 13. The highest BCUT2D eigenvalue weighted by molar-refractivity contribution is 6.00. The van der Waals surface area contributed by atoms with E-state index in [1.807, 2.05) is 55.5 Å². The van der Waals surface area contributed by atoms with E-state index in [2.05, 4.69) is 73.4 Å². The van der Waals surface area contributed by atoms with Crippen molar-refractivity contribution in [2.45, 2.75) is 249 Å². The molecule has 5 rings (SSSR count). The first-order chi connectivity index (χ1) is 56.5. The van der Waals surface area contributed by atoms with E-state index < -0.39 is 161 Å². The number of fused-ring (bicyclic) bond motifs is 2. The maximum atomic E-state index is 15.1.